The van der Waals surface area contributed by atoms with Crippen LogP contribution >= 0.6 is 13.6 Å². The van der Waals surface area contributed by atoms with Crippen LogP contribution in [0.15, 0.2) is 18.3 Å². The summed E-state index contributed by atoms with van der Waals surface area (Å²) >= 11 is 4.25. The molecule has 0 amide bonds. The molecule has 0 N–H and O–H groups in total. The molecule has 0 saturated heterocycles. The molecule has 0 aliphatic carbocycles. The van der Waals surface area contributed by atoms with E-state index in [0.29, 0.717) is 5.69 Å². The summed E-state index contributed by atoms with van der Waals surface area (Å²) in [6, 6.07) is 5.85. The van der Waals surface area contributed by atoms with Gasteiger partial charge in [0.2, 0.25) is 0 Å². The standard InChI is InChI=1S/C7H6NO2.BrH.Zn/c1-10-7(9)6-4-2-3-5-8-6;;/h2,4-5H,1H3;1H;/q-1;;+2/p-1. The number of rotatable bonds is 1. The van der Waals surface area contributed by atoms with Crippen molar-refractivity contribution < 1.29 is 25.9 Å². The van der Waals surface area contributed by atoms with E-state index >= 15 is 0 Å². The summed E-state index contributed by atoms with van der Waals surface area (Å²) in [6.07, 6.45) is 1.42. The molecule has 60 valence electrons. The Balaban J connectivity index is 0.000000561. The van der Waals surface area contributed by atoms with Crippen molar-refractivity contribution in [3.63, 3.8) is 0 Å². The summed E-state index contributed by atoms with van der Waals surface area (Å²) in [5, 5.41) is 0. The summed E-state index contributed by atoms with van der Waals surface area (Å²) in [7, 11) is 1.32. The first kappa shape index (κ1) is 11.7. The summed E-state index contributed by atoms with van der Waals surface area (Å²) in [5.74, 6) is -0.422. The molecule has 0 bridgehead atoms. The monoisotopic (exact) mass is 279 g/mol. The van der Waals surface area contributed by atoms with Crippen molar-refractivity contribution in [3.05, 3.63) is 30.1 Å². The Morgan fingerprint density at radius 2 is 2.42 bits per heavy atom. The molecule has 1 heterocycles. The molecule has 1 aromatic heterocycles. The second kappa shape index (κ2) is 7.38. The Morgan fingerprint density at radius 3 is 2.83 bits per heavy atom. The van der Waals surface area contributed by atoms with E-state index in [1.807, 2.05) is 0 Å². The Hall–Kier alpha value is -0.277. The first-order chi connectivity index (χ1) is 5.84. The van der Waals surface area contributed by atoms with Crippen LogP contribution in [-0.4, -0.2) is 18.1 Å². The van der Waals surface area contributed by atoms with Crippen molar-refractivity contribution in [2.24, 2.45) is 0 Å². The quantitative estimate of drug-likeness (QED) is 0.445. The van der Waals surface area contributed by atoms with Gasteiger partial charge in [-0.2, -0.15) is 6.07 Å². The van der Waals surface area contributed by atoms with Crippen molar-refractivity contribution in [2.45, 2.75) is 0 Å². The Labute approximate surface area is 87.6 Å². The van der Waals surface area contributed by atoms with Gasteiger partial charge in [0.25, 0.3) is 0 Å². The number of nitrogens with zero attached hydrogens (tertiary/aromatic N) is 1. The van der Waals surface area contributed by atoms with E-state index in [4.69, 9.17) is 0 Å². The molecule has 5 heteroatoms. The predicted octanol–water partition coefficient (Wildman–Crippen LogP) is 1.51. The molecular formula is C7H6BrNO2Zn. The maximum absolute atomic E-state index is 10.7. The molecule has 12 heavy (non-hydrogen) atoms. The fraction of sp³-hybridized carbons (Fsp3) is 0.143. The van der Waals surface area contributed by atoms with E-state index in [1.165, 1.54) is 29.6 Å². The zero-order chi connectivity index (χ0) is 9.40. The van der Waals surface area contributed by atoms with Crippen LogP contribution < -0.4 is 0 Å². The molecule has 0 aromatic carbocycles. The Kier molecular flexibility index (Phi) is 7.21. The van der Waals surface area contributed by atoms with Crippen LogP contribution in [-0.2, 0) is 21.1 Å². The van der Waals surface area contributed by atoms with E-state index < -0.39 is 5.97 Å². The van der Waals surface area contributed by atoms with Gasteiger partial charge < -0.3 is 4.74 Å². The average molecular weight is 281 g/mol. The molecule has 1 rings (SSSR count). The van der Waals surface area contributed by atoms with Gasteiger partial charge in [0.15, 0.2) is 0 Å². The van der Waals surface area contributed by atoms with Crippen LogP contribution in [0.1, 0.15) is 10.5 Å². The van der Waals surface area contributed by atoms with Gasteiger partial charge in [-0.3, -0.25) is 4.98 Å². The predicted molar refractivity (Wildman–Crippen MR) is 43.3 cm³/mol. The van der Waals surface area contributed by atoms with Crippen molar-refractivity contribution >= 4 is 19.6 Å². The van der Waals surface area contributed by atoms with Crippen LogP contribution in [0, 0.1) is 6.07 Å². The van der Waals surface area contributed by atoms with Gasteiger partial charge in [-0.05, 0) is 0 Å². The number of hydrogen-bond donors (Lipinski definition) is 0. The zero-order valence-corrected chi connectivity index (χ0v) is 11.1. The third kappa shape index (κ3) is 3.93. The molecular weight excluding hydrogens is 275 g/mol. The first-order valence-electron chi connectivity index (χ1n) is 3.01. The molecule has 0 spiro atoms. The van der Waals surface area contributed by atoms with Gasteiger partial charge in [0, 0.05) is 0 Å². The summed E-state index contributed by atoms with van der Waals surface area (Å²) in [4.78, 5) is 14.4. The number of esters is 1. The molecule has 1 aromatic rings. The van der Waals surface area contributed by atoms with E-state index in [1.54, 1.807) is 12.1 Å². The second-order valence-corrected chi connectivity index (χ2v) is 1.64. The SMILES string of the molecule is COC(=O)c1cc[c-]cn1.[Zn+][Br]. The summed E-state index contributed by atoms with van der Waals surface area (Å²) in [6.45, 7) is 0. The van der Waals surface area contributed by atoms with E-state index in [0.717, 1.165) is 0 Å². The van der Waals surface area contributed by atoms with Crippen molar-refractivity contribution in [2.75, 3.05) is 7.11 Å². The molecule has 0 atom stereocenters. The van der Waals surface area contributed by atoms with Crippen LogP contribution in [0.5, 0.6) is 0 Å². The van der Waals surface area contributed by atoms with E-state index in [9.17, 15) is 4.79 Å². The number of aromatic nitrogens is 1. The van der Waals surface area contributed by atoms with Gasteiger partial charge in [-0.25, -0.2) is 16.9 Å². The minimum absolute atomic E-state index is 0.307. The van der Waals surface area contributed by atoms with Crippen LogP contribution in [0.25, 0.3) is 0 Å². The van der Waals surface area contributed by atoms with Gasteiger partial charge in [0.1, 0.15) is 0 Å². The third-order valence-electron chi connectivity index (χ3n) is 1.01. The zero-order valence-electron chi connectivity index (χ0n) is 6.58. The number of halogens is 1. The van der Waals surface area contributed by atoms with Crippen molar-refractivity contribution in [1.29, 1.82) is 0 Å². The van der Waals surface area contributed by atoms with E-state index in [-0.39, 0.29) is 0 Å². The van der Waals surface area contributed by atoms with Crippen LogP contribution in [0.2, 0.25) is 0 Å². The van der Waals surface area contributed by atoms with Gasteiger partial charge >= 0.3 is 35.9 Å². The van der Waals surface area contributed by atoms with Crippen molar-refractivity contribution in [3.8, 4) is 0 Å². The maximum atomic E-state index is 10.7. The molecule has 0 aliphatic rings. The second-order valence-electron chi connectivity index (χ2n) is 1.64. The molecule has 3 nitrogen and oxygen atoms in total. The Morgan fingerprint density at radius 1 is 1.75 bits per heavy atom. The molecule has 0 radical (unpaired) electrons. The van der Waals surface area contributed by atoms with Crippen LogP contribution in [0.3, 0.4) is 0 Å². The summed E-state index contributed by atoms with van der Waals surface area (Å²) in [5.41, 5.74) is 0.307. The molecule has 0 saturated carbocycles. The van der Waals surface area contributed by atoms with Crippen molar-refractivity contribution in [1.82, 2.24) is 4.98 Å². The summed E-state index contributed by atoms with van der Waals surface area (Å²) < 4.78 is 4.42. The number of ether oxygens (including phenoxy) is 1. The Bertz CT molecular complexity index is 230. The average Bonchev–Trinajstić information content (AvgIpc) is 2.21. The number of hydrogen-bond acceptors (Lipinski definition) is 3. The molecule has 0 fully saturated rings. The fourth-order valence-corrected chi connectivity index (χ4v) is 0.545. The van der Waals surface area contributed by atoms with Crippen LogP contribution in [0.4, 0.5) is 0 Å². The number of pyridine rings is 1. The minimum atomic E-state index is -0.422. The number of methoxy groups -OCH3 is 1. The molecule has 0 unspecified atom stereocenters. The third-order valence-corrected chi connectivity index (χ3v) is 1.01. The van der Waals surface area contributed by atoms with Gasteiger partial charge in [-0.15, -0.1) is 0 Å². The fourth-order valence-electron chi connectivity index (χ4n) is 0.545. The topological polar surface area (TPSA) is 39.2 Å². The van der Waals surface area contributed by atoms with Gasteiger partial charge in [0.05, 0.1) is 12.8 Å². The number of carbonyl (C=O) groups is 1. The van der Waals surface area contributed by atoms with Gasteiger partial charge in [-0.1, -0.05) is 6.20 Å². The first-order valence-corrected chi connectivity index (χ1v) is 9.96. The molecule has 0 aliphatic heterocycles. The van der Waals surface area contributed by atoms with E-state index in [2.05, 4.69) is 29.4 Å². The normalized spacial score (nSPS) is 8.00. The number of carbonyl (C=O) groups excluding carboxylic acids is 1.